The fraction of sp³-hybridized carbons (Fsp3) is 0.333. The lowest BCUT2D eigenvalue weighted by Crippen LogP contribution is -2.20. The summed E-state index contributed by atoms with van der Waals surface area (Å²) in [4.78, 5) is 27.4. The van der Waals surface area contributed by atoms with Gasteiger partial charge in [-0.1, -0.05) is 18.2 Å². The molecule has 0 radical (unpaired) electrons. The smallest absolute Gasteiger partial charge is 0.266 e. The lowest BCUT2D eigenvalue weighted by Gasteiger charge is -2.18. The molecule has 1 fully saturated rings. The van der Waals surface area contributed by atoms with E-state index in [0.717, 1.165) is 6.07 Å². The average molecular weight is 413 g/mol. The summed E-state index contributed by atoms with van der Waals surface area (Å²) in [6.45, 7) is 10.7. The fourth-order valence-electron chi connectivity index (χ4n) is 3.57. The molecule has 6 nitrogen and oxygen atoms in total. The predicted octanol–water partition coefficient (Wildman–Crippen LogP) is 4.78. The van der Waals surface area contributed by atoms with E-state index in [1.165, 1.54) is 12.1 Å². The number of pyridine rings is 1. The van der Waals surface area contributed by atoms with Crippen molar-refractivity contribution in [3.63, 3.8) is 0 Å². The topological polar surface area (TPSA) is 75.0 Å². The van der Waals surface area contributed by atoms with E-state index in [-0.39, 0.29) is 16.8 Å². The largest absolute Gasteiger partial charge is 0.363 e. The van der Waals surface area contributed by atoms with E-state index in [0.29, 0.717) is 35.4 Å². The average Bonchev–Trinajstić information content (AvgIpc) is 3.48. The van der Waals surface area contributed by atoms with Crippen molar-refractivity contribution in [3.8, 4) is 0 Å². The zero-order chi connectivity index (χ0) is 21.6. The Bertz CT molecular complexity index is 1240. The van der Waals surface area contributed by atoms with Crippen LogP contribution in [0.15, 0.2) is 29.1 Å². The SMILES string of the molecule is [C-]#[N+]C1(c2cc3c(N[C@H](C)c4cccc(C(F)F)c4F)nc(C)nc3[nH]c2=O)CC1. The fourth-order valence-corrected chi connectivity index (χ4v) is 3.57. The Kier molecular flexibility index (Phi) is 4.73. The molecule has 0 unspecified atom stereocenters. The van der Waals surface area contributed by atoms with Gasteiger partial charge in [-0.2, -0.15) is 0 Å². The minimum Gasteiger partial charge on any atom is -0.363 e. The van der Waals surface area contributed by atoms with Gasteiger partial charge >= 0.3 is 0 Å². The quantitative estimate of drug-likeness (QED) is 0.590. The molecule has 0 amide bonds. The summed E-state index contributed by atoms with van der Waals surface area (Å²) >= 11 is 0. The highest BCUT2D eigenvalue weighted by atomic mass is 19.3. The Balaban J connectivity index is 1.79. The molecule has 1 aliphatic rings. The van der Waals surface area contributed by atoms with Crippen LogP contribution in [-0.4, -0.2) is 15.0 Å². The van der Waals surface area contributed by atoms with E-state index in [1.807, 2.05) is 0 Å². The van der Waals surface area contributed by atoms with Crippen LogP contribution in [0.2, 0.25) is 0 Å². The van der Waals surface area contributed by atoms with E-state index in [4.69, 9.17) is 6.57 Å². The first-order valence-corrected chi connectivity index (χ1v) is 9.39. The highest BCUT2D eigenvalue weighted by molar-refractivity contribution is 5.87. The molecule has 0 aliphatic heterocycles. The molecule has 0 bridgehead atoms. The lowest BCUT2D eigenvalue weighted by atomic mass is 10.0. The van der Waals surface area contributed by atoms with E-state index in [9.17, 15) is 18.0 Å². The number of fused-ring (bicyclic) bond motifs is 1. The van der Waals surface area contributed by atoms with Crippen LogP contribution in [0.25, 0.3) is 15.9 Å². The van der Waals surface area contributed by atoms with E-state index < -0.39 is 29.4 Å². The summed E-state index contributed by atoms with van der Waals surface area (Å²) in [6.07, 6.45) is -1.72. The summed E-state index contributed by atoms with van der Waals surface area (Å²) in [5.74, 6) is -0.277. The molecule has 4 rings (SSSR count). The molecule has 1 atom stereocenters. The van der Waals surface area contributed by atoms with Crippen LogP contribution in [0.5, 0.6) is 0 Å². The Hall–Kier alpha value is -3.41. The maximum atomic E-state index is 14.6. The number of aryl methyl sites for hydroxylation is 1. The number of aromatic amines is 1. The molecule has 30 heavy (non-hydrogen) atoms. The van der Waals surface area contributed by atoms with Crippen molar-refractivity contribution >= 4 is 16.9 Å². The van der Waals surface area contributed by atoms with Crippen LogP contribution in [0.4, 0.5) is 19.0 Å². The highest BCUT2D eigenvalue weighted by Gasteiger charge is 2.54. The lowest BCUT2D eigenvalue weighted by molar-refractivity contribution is 0.146. The number of halogens is 3. The van der Waals surface area contributed by atoms with Gasteiger partial charge in [0.15, 0.2) is 0 Å². The molecular formula is C21H18F3N5O. The number of anilines is 1. The Labute approximate surface area is 170 Å². The number of benzene rings is 1. The molecule has 3 aromatic rings. The van der Waals surface area contributed by atoms with Crippen molar-refractivity contribution < 1.29 is 13.2 Å². The predicted molar refractivity (Wildman–Crippen MR) is 106 cm³/mol. The van der Waals surface area contributed by atoms with Gasteiger partial charge in [0.1, 0.15) is 28.7 Å². The first-order chi connectivity index (χ1) is 14.3. The first kappa shape index (κ1) is 19.9. The molecule has 1 aromatic carbocycles. The summed E-state index contributed by atoms with van der Waals surface area (Å²) < 4.78 is 40.7. The number of hydrogen-bond acceptors (Lipinski definition) is 4. The second-order valence-electron chi connectivity index (χ2n) is 7.45. The van der Waals surface area contributed by atoms with Gasteiger partial charge < -0.3 is 15.1 Å². The van der Waals surface area contributed by atoms with Gasteiger partial charge in [-0.3, -0.25) is 4.79 Å². The van der Waals surface area contributed by atoms with E-state index in [2.05, 4.69) is 25.1 Å². The van der Waals surface area contributed by atoms with E-state index in [1.54, 1.807) is 19.9 Å². The summed E-state index contributed by atoms with van der Waals surface area (Å²) in [6, 6.07) is 4.77. The molecule has 2 N–H and O–H groups in total. The molecule has 2 heterocycles. The second-order valence-corrected chi connectivity index (χ2v) is 7.45. The van der Waals surface area contributed by atoms with Gasteiger partial charge in [0.25, 0.3) is 17.5 Å². The standard InChI is InChI=1S/C21H18F3N5O/c1-10(12-5-4-6-13(16(12)22)17(23)24)26-18-14-9-15(21(25-3)7-8-21)20(30)29-19(14)28-11(2)27-18/h4-6,9-10,17H,7-8H2,1-2H3,(H2,26,27,28,29,30)/t10-/m1/s1. The molecule has 0 saturated heterocycles. The van der Waals surface area contributed by atoms with Gasteiger partial charge in [-0.15, -0.1) is 0 Å². The third-order valence-corrected chi connectivity index (χ3v) is 5.37. The van der Waals surface area contributed by atoms with Crippen molar-refractivity contribution in [2.45, 2.75) is 44.7 Å². The van der Waals surface area contributed by atoms with Gasteiger partial charge in [-0.25, -0.2) is 29.7 Å². The zero-order valence-electron chi connectivity index (χ0n) is 16.3. The minimum atomic E-state index is -2.92. The second kappa shape index (κ2) is 7.13. The number of hydrogen-bond donors (Lipinski definition) is 2. The first-order valence-electron chi connectivity index (χ1n) is 9.39. The van der Waals surface area contributed by atoms with Gasteiger partial charge in [0.05, 0.1) is 17.0 Å². The number of rotatable bonds is 5. The number of H-pyrrole nitrogens is 1. The van der Waals surface area contributed by atoms with Crippen molar-refractivity contribution in [1.82, 2.24) is 15.0 Å². The number of aromatic nitrogens is 3. The summed E-state index contributed by atoms with van der Waals surface area (Å²) in [5.41, 5.74) is -1.16. The molecule has 9 heteroatoms. The van der Waals surface area contributed by atoms with Crippen LogP contribution in [0, 0.1) is 19.3 Å². The molecule has 0 spiro atoms. The maximum absolute atomic E-state index is 14.6. The van der Waals surface area contributed by atoms with Crippen LogP contribution in [0.1, 0.15) is 54.7 Å². The van der Waals surface area contributed by atoms with Crippen molar-refractivity contribution in [2.75, 3.05) is 5.32 Å². The number of nitrogens with one attached hydrogen (secondary N) is 2. The van der Waals surface area contributed by atoms with Crippen molar-refractivity contribution in [1.29, 1.82) is 0 Å². The van der Waals surface area contributed by atoms with Crippen LogP contribution in [0.3, 0.4) is 0 Å². The maximum Gasteiger partial charge on any atom is 0.266 e. The molecular weight excluding hydrogens is 395 g/mol. The van der Waals surface area contributed by atoms with Gasteiger partial charge in [-0.05, 0) is 19.9 Å². The Morgan fingerprint density at radius 1 is 1.27 bits per heavy atom. The molecule has 1 aliphatic carbocycles. The summed E-state index contributed by atoms with van der Waals surface area (Å²) in [7, 11) is 0. The van der Waals surface area contributed by atoms with E-state index >= 15 is 0 Å². The monoisotopic (exact) mass is 413 g/mol. The number of alkyl halides is 2. The normalized spacial score (nSPS) is 15.8. The van der Waals surface area contributed by atoms with Crippen LogP contribution < -0.4 is 10.9 Å². The van der Waals surface area contributed by atoms with Gasteiger partial charge in [0, 0.05) is 18.4 Å². The molecule has 2 aromatic heterocycles. The van der Waals surface area contributed by atoms with Crippen molar-refractivity contribution in [2.24, 2.45) is 0 Å². The third kappa shape index (κ3) is 3.28. The Morgan fingerprint density at radius 2 is 1.97 bits per heavy atom. The Morgan fingerprint density at radius 3 is 2.60 bits per heavy atom. The number of nitrogens with zero attached hydrogens (tertiary/aromatic N) is 3. The zero-order valence-corrected chi connectivity index (χ0v) is 16.3. The van der Waals surface area contributed by atoms with Crippen LogP contribution in [-0.2, 0) is 5.54 Å². The van der Waals surface area contributed by atoms with Gasteiger partial charge in [0.2, 0.25) is 0 Å². The summed E-state index contributed by atoms with van der Waals surface area (Å²) in [5, 5.41) is 3.52. The van der Waals surface area contributed by atoms with Crippen molar-refractivity contribution in [3.05, 3.63) is 74.4 Å². The minimum absolute atomic E-state index is 0.0710. The molecule has 154 valence electrons. The third-order valence-electron chi connectivity index (χ3n) is 5.37. The molecule has 1 saturated carbocycles. The van der Waals surface area contributed by atoms with Crippen LogP contribution >= 0.6 is 0 Å². The highest BCUT2D eigenvalue weighted by Crippen LogP contribution is 2.48.